The maximum atomic E-state index is 12.4. The summed E-state index contributed by atoms with van der Waals surface area (Å²) in [6.45, 7) is 11.4. The molecule has 23 heavy (non-hydrogen) atoms. The van der Waals surface area contributed by atoms with Crippen molar-refractivity contribution in [3.05, 3.63) is 46.5 Å². The average Bonchev–Trinajstić information content (AvgIpc) is 3.00. The van der Waals surface area contributed by atoms with Crippen LogP contribution >= 0.6 is 0 Å². The van der Waals surface area contributed by atoms with Crippen LogP contribution in [0.1, 0.15) is 44.4 Å². The van der Waals surface area contributed by atoms with Gasteiger partial charge in [0.1, 0.15) is 6.61 Å². The Bertz CT molecular complexity index is 609. The number of benzene rings is 1. The van der Waals surface area contributed by atoms with Gasteiger partial charge in [0.2, 0.25) is 0 Å². The summed E-state index contributed by atoms with van der Waals surface area (Å²) >= 11 is 0. The highest BCUT2D eigenvalue weighted by molar-refractivity contribution is 5.78. The normalized spacial score (nSPS) is 21.7. The third kappa shape index (κ3) is 3.84. The van der Waals surface area contributed by atoms with E-state index in [4.69, 9.17) is 9.47 Å². The number of hydrogen-bond acceptors (Lipinski definition) is 3. The Morgan fingerprint density at radius 3 is 2.39 bits per heavy atom. The zero-order valence-corrected chi connectivity index (χ0v) is 15.1. The molecule has 1 aliphatic rings. The third-order valence-corrected chi connectivity index (χ3v) is 4.91. The molecule has 0 bridgehead atoms. The summed E-state index contributed by atoms with van der Waals surface area (Å²) in [6, 6.07) is 6.03. The number of carbonyl (C=O) groups is 1. The number of carbonyl (C=O) groups excluding carboxylic acids is 1. The van der Waals surface area contributed by atoms with E-state index in [1.807, 2.05) is 25.1 Å². The molecule has 3 nitrogen and oxygen atoms in total. The van der Waals surface area contributed by atoms with Crippen molar-refractivity contribution in [2.24, 2.45) is 17.3 Å². The summed E-state index contributed by atoms with van der Waals surface area (Å²) in [6.07, 6.45) is 2.19. The fourth-order valence-corrected chi connectivity index (χ4v) is 3.24. The van der Waals surface area contributed by atoms with Crippen LogP contribution in [0.25, 0.3) is 0 Å². The molecule has 1 aliphatic carbocycles. The van der Waals surface area contributed by atoms with Crippen LogP contribution in [-0.2, 0) is 27.5 Å². The van der Waals surface area contributed by atoms with Crippen molar-refractivity contribution >= 4 is 5.97 Å². The van der Waals surface area contributed by atoms with Crippen LogP contribution in [0.15, 0.2) is 29.8 Å². The van der Waals surface area contributed by atoms with Gasteiger partial charge in [-0.3, -0.25) is 4.79 Å². The first-order chi connectivity index (χ1) is 10.8. The molecule has 0 saturated heterocycles. The molecule has 0 aromatic heterocycles. The second-order valence-electron chi connectivity index (χ2n) is 7.31. The van der Waals surface area contributed by atoms with Gasteiger partial charge < -0.3 is 9.47 Å². The lowest BCUT2D eigenvalue weighted by Gasteiger charge is -2.11. The Morgan fingerprint density at radius 2 is 1.83 bits per heavy atom. The van der Waals surface area contributed by atoms with E-state index in [0.717, 1.165) is 16.7 Å². The van der Waals surface area contributed by atoms with Crippen LogP contribution in [0.5, 0.6) is 0 Å². The molecule has 0 aliphatic heterocycles. The summed E-state index contributed by atoms with van der Waals surface area (Å²) in [4.78, 5) is 12.4. The molecule has 1 aromatic rings. The predicted molar refractivity (Wildman–Crippen MR) is 91.9 cm³/mol. The Morgan fingerprint density at radius 1 is 1.22 bits per heavy atom. The van der Waals surface area contributed by atoms with Gasteiger partial charge in [-0.1, -0.05) is 43.7 Å². The van der Waals surface area contributed by atoms with Gasteiger partial charge >= 0.3 is 5.97 Å². The Balaban J connectivity index is 2.01. The molecule has 1 aromatic carbocycles. The zero-order valence-electron chi connectivity index (χ0n) is 15.1. The van der Waals surface area contributed by atoms with Crippen molar-refractivity contribution in [3.63, 3.8) is 0 Å². The largest absolute Gasteiger partial charge is 0.461 e. The van der Waals surface area contributed by atoms with Crippen molar-refractivity contribution in [2.75, 3.05) is 7.11 Å². The van der Waals surface area contributed by atoms with Gasteiger partial charge in [-0.05, 0) is 48.8 Å². The third-order valence-electron chi connectivity index (χ3n) is 4.91. The van der Waals surface area contributed by atoms with E-state index >= 15 is 0 Å². The van der Waals surface area contributed by atoms with Crippen molar-refractivity contribution < 1.29 is 14.3 Å². The van der Waals surface area contributed by atoms with Crippen molar-refractivity contribution in [2.45, 2.75) is 47.8 Å². The standard InChI is InChI=1S/C20H28O3/c1-13(2)10-17-18(20(17,4)5)19(21)23-12-16-9-7-8-15(11-22-6)14(16)3/h7-10,17-18H,11-12H2,1-6H3/t17-,18+/m1/s1. The number of methoxy groups -OCH3 is 1. The van der Waals surface area contributed by atoms with E-state index in [1.54, 1.807) is 7.11 Å². The van der Waals surface area contributed by atoms with Crippen molar-refractivity contribution in [3.8, 4) is 0 Å². The van der Waals surface area contributed by atoms with Crippen LogP contribution in [0.4, 0.5) is 0 Å². The first-order valence-electron chi connectivity index (χ1n) is 8.17. The van der Waals surface area contributed by atoms with Crippen LogP contribution < -0.4 is 0 Å². The zero-order chi connectivity index (χ0) is 17.2. The van der Waals surface area contributed by atoms with Gasteiger partial charge in [0, 0.05) is 7.11 Å². The maximum absolute atomic E-state index is 12.4. The highest BCUT2D eigenvalue weighted by Gasteiger charge is 2.61. The quantitative estimate of drug-likeness (QED) is 0.575. The molecule has 2 rings (SSSR count). The summed E-state index contributed by atoms with van der Waals surface area (Å²) < 4.78 is 10.8. The molecule has 0 unspecified atom stereocenters. The van der Waals surface area contributed by atoms with E-state index < -0.39 is 0 Å². The van der Waals surface area contributed by atoms with E-state index in [1.165, 1.54) is 5.57 Å². The van der Waals surface area contributed by atoms with Gasteiger partial charge in [-0.15, -0.1) is 0 Å². The Kier molecular flexibility index (Phi) is 5.30. The number of esters is 1. The van der Waals surface area contributed by atoms with Crippen LogP contribution in [-0.4, -0.2) is 13.1 Å². The molecular weight excluding hydrogens is 288 g/mol. The number of allylic oxidation sites excluding steroid dienone is 2. The number of rotatable bonds is 6. The molecule has 0 amide bonds. The molecule has 1 fully saturated rings. The minimum Gasteiger partial charge on any atom is -0.461 e. The topological polar surface area (TPSA) is 35.5 Å². The van der Waals surface area contributed by atoms with Gasteiger partial charge in [0.15, 0.2) is 0 Å². The van der Waals surface area contributed by atoms with Gasteiger partial charge in [0.05, 0.1) is 12.5 Å². The van der Waals surface area contributed by atoms with Gasteiger partial charge in [-0.2, -0.15) is 0 Å². The predicted octanol–water partition coefficient (Wildman–Crippen LogP) is 4.42. The molecule has 2 atom stereocenters. The molecular formula is C20H28O3. The van der Waals surface area contributed by atoms with E-state index in [9.17, 15) is 4.79 Å². The average molecular weight is 316 g/mol. The molecule has 0 heterocycles. The summed E-state index contributed by atoms with van der Waals surface area (Å²) in [5, 5.41) is 0. The number of hydrogen-bond donors (Lipinski definition) is 0. The lowest BCUT2D eigenvalue weighted by Crippen LogP contribution is -2.11. The second kappa shape index (κ2) is 6.88. The lowest BCUT2D eigenvalue weighted by atomic mass is 10.0. The van der Waals surface area contributed by atoms with E-state index in [-0.39, 0.29) is 17.3 Å². The van der Waals surface area contributed by atoms with Crippen molar-refractivity contribution in [1.82, 2.24) is 0 Å². The van der Waals surface area contributed by atoms with Crippen LogP contribution in [0.2, 0.25) is 0 Å². The first kappa shape index (κ1) is 17.7. The second-order valence-corrected chi connectivity index (χ2v) is 7.31. The fourth-order valence-electron chi connectivity index (χ4n) is 3.24. The maximum Gasteiger partial charge on any atom is 0.310 e. The lowest BCUT2D eigenvalue weighted by molar-refractivity contribution is -0.147. The van der Waals surface area contributed by atoms with Gasteiger partial charge in [-0.25, -0.2) is 0 Å². The smallest absolute Gasteiger partial charge is 0.310 e. The fraction of sp³-hybridized carbons (Fsp3) is 0.550. The van der Waals surface area contributed by atoms with Crippen LogP contribution in [0.3, 0.4) is 0 Å². The van der Waals surface area contributed by atoms with E-state index in [0.29, 0.717) is 19.1 Å². The molecule has 1 saturated carbocycles. The Labute approximate surface area is 139 Å². The summed E-state index contributed by atoms with van der Waals surface area (Å²) in [7, 11) is 1.69. The van der Waals surface area contributed by atoms with Crippen LogP contribution in [0, 0.1) is 24.2 Å². The highest BCUT2D eigenvalue weighted by Crippen LogP contribution is 2.59. The summed E-state index contributed by atoms with van der Waals surface area (Å²) in [5.74, 6) is 0.176. The SMILES string of the molecule is COCc1cccc(COC(=O)[C@@H]2[C@@H](C=C(C)C)C2(C)C)c1C. The first-order valence-corrected chi connectivity index (χ1v) is 8.17. The minimum absolute atomic E-state index is 0.00129. The monoisotopic (exact) mass is 316 g/mol. The van der Waals surface area contributed by atoms with Gasteiger partial charge in [0.25, 0.3) is 0 Å². The molecule has 3 heteroatoms. The molecule has 0 N–H and O–H groups in total. The minimum atomic E-state index is -0.0888. The molecule has 0 spiro atoms. The highest BCUT2D eigenvalue weighted by atomic mass is 16.5. The van der Waals surface area contributed by atoms with Crippen molar-refractivity contribution in [1.29, 1.82) is 0 Å². The number of ether oxygens (including phenoxy) is 2. The van der Waals surface area contributed by atoms with E-state index in [2.05, 4.69) is 33.8 Å². The summed E-state index contributed by atoms with van der Waals surface area (Å²) in [5.41, 5.74) is 4.57. The molecule has 0 radical (unpaired) electrons. The Hall–Kier alpha value is -1.61. The molecule has 126 valence electrons.